The van der Waals surface area contributed by atoms with Crippen LogP contribution >= 0.6 is 34.5 Å². The van der Waals surface area contributed by atoms with E-state index in [1.807, 2.05) is 11.4 Å². The summed E-state index contributed by atoms with van der Waals surface area (Å²) in [7, 11) is 0. The van der Waals surface area contributed by atoms with Crippen LogP contribution in [0.1, 0.15) is 23.7 Å². The van der Waals surface area contributed by atoms with Crippen molar-refractivity contribution in [3.05, 3.63) is 51.2 Å². The van der Waals surface area contributed by atoms with Crippen molar-refractivity contribution in [1.29, 1.82) is 0 Å². The second kappa shape index (κ2) is 5.95. The number of hydrogen-bond donors (Lipinski definition) is 0. The first-order valence-corrected chi connectivity index (χ1v) is 8.36. The second-order valence-electron chi connectivity index (χ2n) is 4.78. The maximum Gasteiger partial charge on any atom is 0.144 e. The summed E-state index contributed by atoms with van der Waals surface area (Å²) in [5, 5.41) is 2.15. The molecule has 0 aliphatic heterocycles. The smallest absolute Gasteiger partial charge is 0.144 e. The molecule has 2 nitrogen and oxygen atoms in total. The molecule has 0 aliphatic carbocycles. The predicted molar refractivity (Wildman–Crippen MR) is 87.3 cm³/mol. The van der Waals surface area contributed by atoms with Crippen LogP contribution in [-0.4, -0.2) is 15.4 Å². The fourth-order valence-electron chi connectivity index (χ4n) is 2.49. The van der Waals surface area contributed by atoms with Crippen LogP contribution in [0.3, 0.4) is 0 Å². The normalized spacial score (nSPS) is 13.0. The molecule has 1 unspecified atom stereocenters. The molecule has 0 amide bonds. The van der Waals surface area contributed by atoms with Gasteiger partial charge in [-0.3, -0.25) is 0 Å². The lowest BCUT2D eigenvalue weighted by atomic mass is 10.2. The van der Waals surface area contributed by atoms with Gasteiger partial charge in [0.1, 0.15) is 11.6 Å². The van der Waals surface area contributed by atoms with E-state index in [1.54, 1.807) is 17.4 Å². The summed E-state index contributed by atoms with van der Waals surface area (Å²) in [5.41, 5.74) is 1.45. The molecule has 0 fully saturated rings. The molecular formula is C15H13Cl2FN2S. The van der Waals surface area contributed by atoms with Crippen LogP contribution in [0.2, 0.25) is 5.02 Å². The first-order valence-electron chi connectivity index (χ1n) is 6.57. The van der Waals surface area contributed by atoms with Gasteiger partial charge in [0.25, 0.3) is 0 Å². The van der Waals surface area contributed by atoms with Gasteiger partial charge in [0, 0.05) is 23.2 Å². The number of nitrogens with zero attached hydrogens (tertiary/aromatic N) is 2. The van der Waals surface area contributed by atoms with Crippen molar-refractivity contribution in [2.45, 2.75) is 19.4 Å². The number of thiophene rings is 1. The minimum atomic E-state index is -0.449. The van der Waals surface area contributed by atoms with E-state index in [0.29, 0.717) is 17.8 Å². The van der Waals surface area contributed by atoms with E-state index in [0.717, 1.165) is 11.3 Å². The Morgan fingerprint density at radius 2 is 2.24 bits per heavy atom. The largest absolute Gasteiger partial charge is 0.320 e. The maximum atomic E-state index is 13.6. The first-order chi connectivity index (χ1) is 10.1. The molecule has 1 aromatic carbocycles. The van der Waals surface area contributed by atoms with Crippen LogP contribution in [0.5, 0.6) is 0 Å². The van der Waals surface area contributed by atoms with E-state index in [9.17, 15) is 4.39 Å². The fourth-order valence-corrected chi connectivity index (χ4v) is 3.59. The summed E-state index contributed by atoms with van der Waals surface area (Å²) in [4.78, 5) is 5.73. The van der Waals surface area contributed by atoms with Crippen LogP contribution in [0, 0.1) is 5.82 Å². The quantitative estimate of drug-likeness (QED) is 0.589. The highest BCUT2D eigenvalue weighted by atomic mass is 35.5. The summed E-state index contributed by atoms with van der Waals surface area (Å²) < 4.78 is 15.7. The third-order valence-corrected chi connectivity index (χ3v) is 4.99. The molecule has 0 saturated carbocycles. The Balaban J connectivity index is 2.22. The average Bonchev–Trinajstić information content (AvgIpc) is 3.07. The van der Waals surface area contributed by atoms with Crippen molar-refractivity contribution in [2.24, 2.45) is 0 Å². The van der Waals surface area contributed by atoms with E-state index in [1.165, 1.54) is 10.9 Å². The van der Waals surface area contributed by atoms with Crippen molar-refractivity contribution in [3.8, 4) is 0 Å². The van der Waals surface area contributed by atoms with E-state index < -0.39 is 5.82 Å². The third kappa shape index (κ3) is 2.68. The van der Waals surface area contributed by atoms with Crippen LogP contribution in [0.4, 0.5) is 4.39 Å². The van der Waals surface area contributed by atoms with Gasteiger partial charge in [-0.15, -0.1) is 22.9 Å². The molecule has 6 heteroatoms. The van der Waals surface area contributed by atoms with Gasteiger partial charge < -0.3 is 4.57 Å². The molecule has 2 aromatic heterocycles. The maximum absolute atomic E-state index is 13.6. The molecule has 0 saturated heterocycles. The van der Waals surface area contributed by atoms with E-state index in [4.69, 9.17) is 23.2 Å². The summed E-state index contributed by atoms with van der Waals surface area (Å²) in [6, 6.07) is 7.23. The Morgan fingerprint density at radius 1 is 1.43 bits per heavy atom. The highest BCUT2D eigenvalue weighted by Gasteiger charge is 2.19. The molecule has 0 N–H and O–H groups in total. The first kappa shape index (κ1) is 14.8. The number of aryl methyl sites for hydroxylation is 1. The van der Waals surface area contributed by atoms with Gasteiger partial charge in [-0.2, -0.15) is 0 Å². The van der Waals surface area contributed by atoms with Gasteiger partial charge in [0.2, 0.25) is 0 Å². The van der Waals surface area contributed by atoms with Gasteiger partial charge in [0.15, 0.2) is 0 Å². The standard InChI is InChI=1S/C15H13Cl2FN2S/c1-9(14-3-2-6-21-14)20-13-7-10(17)11(18)8-12(13)19-15(20)4-5-16/h2-3,6-9H,4-5H2,1H3. The number of hydrogen-bond acceptors (Lipinski definition) is 2. The zero-order valence-corrected chi connectivity index (χ0v) is 13.6. The Morgan fingerprint density at radius 3 is 2.90 bits per heavy atom. The lowest BCUT2D eigenvalue weighted by Gasteiger charge is -2.16. The van der Waals surface area contributed by atoms with E-state index in [-0.39, 0.29) is 11.1 Å². The monoisotopic (exact) mass is 342 g/mol. The average molecular weight is 343 g/mol. The molecule has 0 radical (unpaired) electrons. The topological polar surface area (TPSA) is 17.8 Å². The number of imidazole rings is 1. The van der Waals surface area contributed by atoms with E-state index >= 15 is 0 Å². The SMILES string of the molecule is CC(c1cccs1)n1c(CCCl)nc2cc(F)c(Cl)cc21. The molecule has 1 atom stereocenters. The minimum Gasteiger partial charge on any atom is -0.320 e. The predicted octanol–water partition coefficient (Wildman–Crippen LogP) is 5.28. The molecule has 21 heavy (non-hydrogen) atoms. The van der Waals surface area contributed by atoms with Crippen LogP contribution < -0.4 is 0 Å². The van der Waals surface area contributed by atoms with Crippen molar-refractivity contribution in [3.63, 3.8) is 0 Å². The van der Waals surface area contributed by atoms with Crippen molar-refractivity contribution < 1.29 is 4.39 Å². The third-order valence-electron chi connectivity index (χ3n) is 3.46. The lowest BCUT2D eigenvalue weighted by Crippen LogP contribution is -2.10. The van der Waals surface area contributed by atoms with Crippen LogP contribution in [0.25, 0.3) is 11.0 Å². The zero-order chi connectivity index (χ0) is 15.0. The summed E-state index contributed by atoms with van der Waals surface area (Å²) in [6.45, 7) is 2.10. The van der Waals surface area contributed by atoms with Gasteiger partial charge in [-0.1, -0.05) is 17.7 Å². The highest BCUT2D eigenvalue weighted by Crippen LogP contribution is 2.31. The minimum absolute atomic E-state index is 0.106. The Kier molecular flexibility index (Phi) is 4.20. The molecule has 3 aromatic rings. The molecule has 0 spiro atoms. The number of aromatic nitrogens is 2. The van der Waals surface area contributed by atoms with Crippen LogP contribution in [-0.2, 0) is 6.42 Å². The highest BCUT2D eigenvalue weighted by molar-refractivity contribution is 7.10. The second-order valence-corrected chi connectivity index (χ2v) is 6.55. The summed E-state index contributed by atoms with van der Waals surface area (Å²) in [6.07, 6.45) is 0.630. The number of rotatable bonds is 4. The molecular weight excluding hydrogens is 330 g/mol. The number of benzene rings is 1. The molecule has 0 aliphatic rings. The molecule has 110 valence electrons. The summed E-state index contributed by atoms with van der Waals surface area (Å²) >= 11 is 13.5. The Hall–Kier alpha value is -1.10. The molecule has 0 bridgehead atoms. The van der Waals surface area contributed by atoms with Crippen molar-refractivity contribution >= 4 is 45.6 Å². The molecule has 2 heterocycles. The van der Waals surface area contributed by atoms with Crippen LogP contribution in [0.15, 0.2) is 29.6 Å². The number of halogens is 3. The van der Waals surface area contributed by atoms with Crippen molar-refractivity contribution in [1.82, 2.24) is 9.55 Å². The Bertz CT molecular complexity index is 768. The Labute approximate surface area is 136 Å². The van der Waals surface area contributed by atoms with Gasteiger partial charge in [-0.05, 0) is 24.4 Å². The van der Waals surface area contributed by atoms with Gasteiger partial charge in [-0.25, -0.2) is 9.37 Å². The van der Waals surface area contributed by atoms with Gasteiger partial charge >= 0.3 is 0 Å². The molecule has 3 rings (SSSR count). The lowest BCUT2D eigenvalue weighted by molar-refractivity contribution is 0.626. The number of fused-ring (bicyclic) bond motifs is 1. The summed E-state index contributed by atoms with van der Waals surface area (Å²) in [5.74, 6) is 0.869. The number of alkyl halides is 1. The zero-order valence-electron chi connectivity index (χ0n) is 11.3. The van der Waals surface area contributed by atoms with E-state index in [2.05, 4.69) is 22.5 Å². The fraction of sp³-hybridized carbons (Fsp3) is 0.267. The van der Waals surface area contributed by atoms with Gasteiger partial charge in [0.05, 0.1) is 22.1 Å². The van der Waals surface area contributed by atoms with Crippen molar-refractivity contribution in [2.75, 3.05) is 5.88 Å².